The number of thiocarbonyl (C=S) groups is 1. The van der Waals surface area contributed by atoms with Gasteiger partial charge in [0.2, 0.25) is 5.70 Å². The molecule has 142 valence electrons. The lowest BCUT2D eigenvalue weighted by Gasteiger charge is -2.18. The maximum Gasteiger partial charge on any atom is 0.238 e. The van der Waals surface area contributed by atoms with Crippen LogP contribution in [0.4, 0.5) is 5.69 Å². The second-order valence-electron chi connectivity index (χ2n) is 5.96. The molecular formula is C21H15Cl3N2OS. The average Bonchev–Trinajstić information content (AvgIpc) is 2.68. The summed E-state index contributed by atoms with van der Waals surface area (Å²) in [6.45, 7) is 1.88. The Kier molecular flexibility index (Phi) is 6.57. The summed E-state index contributed by atoms with van der Waals surface area (Å²) in [4.78, 5) is 0.262. The molecule has 0 atom stereocenters. The fraction of sp³-hybridized carbons (Fsp3) is 0.0476. The quantitative estimate of drug-likeness (QED) is 0.252. The molecule has 3 rings (SSSR count). The molecule has 0 amide bonds. The van der Waals surface area contributed by atoms with Crippen molar-refractivity contribution < 1.29 is 9.67 Å². The van der Waals surface area contributed by atoms with E-state index in [9.17, 15) is 5.11 Å². The summed E-state index contributed by atoms with van der Waals surface area (Å²) >= 11 is 23.9. The van der Waals surface area contributed by atoms with E-state index in [1.54, 1.807) is 35.2 Å². The monoisotopic (exact) mass is 448 g/mol. The van der Waals surface area contributed by atoms with Crippen LogP contribution in [0.5, 0.6) is 0 Å². The van der Waals surface area contributed by atoms with Crippen LogP contribution in [0.3, 0.4) is 0 Å². The van der Waals surface area contributed by atoms with Crippen LogP contribution in [0.25, 0.3) is 11.5 Å². The molecule has 3 aromatic rings. The van der Waals surface area contributed by atoms with Crippen LogP contribution >= 0.6 is 47.0 Å². The number of anilines is 1. The molecule has 0 radical (unpaired) electrons. The predicted molar refractivity (Wildman–Crippen MR) is 119 cm³/mol. The van der Waals surface area contributed by atoms with Crippen LogP contribution in [0.15, 0.2) is 67.0 Å². The molecule has 0 saturated carbocycles. The third kappa shape index (κ3) is 4.47. The summed E-state index contributed by atoms with van der Waals surface area (Å²) in [5.74, 6) is -0.285. The van der Waals surface area contributed by atoms with E-state index in [4.69, 9.17) is 47.0 Å². The summed E-state index contributed by atoms with van der Waals surface area (Å²) in [5, 5.41) is 17.7. The fourth-order valence-electron chi connectivity index (χ4n) is 2.58. The van der Waals surface area contributed by atoms with Crippen molar-refractivity contribution in [3.63, 3.8) is 0 Å². The van der Waals surface area contributed by atoms with Gasteiger partial charge in [-0.2, -0.15) is 4.57 Å². The minimum atomic E-state index is -0.285. The summed E-state index contributed by atoms with van der Waals surface area (Å²) < 4.78 is 1.67. The first-order valence-corrected chi connectivity index (χ1v) is 9.82. The van der Waals surface area contributed by atoms with Gasteiger partial charge in [0.1, 0.15) is 0 Å². The van der Waals surface area contributed by atoms with E-state index >= 15 is 0 Å². The highest BCUT2D eigenvalue weighted by Gasteiger charge is 2.19. The molecule has 2 aromatic carbocycles. The van der Waals surface area contributed by atoms with E-state index in [1.807, 2.05) is 37.3 Å². The van der Waals surface area contributed by atoms with Crippen LogP contribution in [-0.2, 0) is 0 Å². The number of nitrogens with zero attached hydrogens (tertiary/aromatic N) is 1. The molecule has 0 saturated heterocycles. The van der Waals surface area contributed by atoms with Crippen LogP contribution in [0, 0.1) is 6.92 Å². The van der Waals surface area contributed by atoms with E-state index in [2.05, 4.69) is 5.32 Å². The van der Waals surface area contributed by atoms with Crippen LogP contribution in [0.1, 0.15) is 11.1 Å². The first-order chi connectivity index (χ1) is 13.4. The van der Waals surface area contributed by atoms with Gasteiger partial charge in [-0.05, 0) is 48.1 Å². The zero-order chi connectivity index (χ0) is 20.3. The lowest BCUT2D eigenvalue weighted by Crippen LogP contribution is -2.39. The lowest BCUT2D eigenvalue weighted by molar-refractivity contribution is -0.577. The molecule has 0 fully saturated rings. The van der Waals surface area contributed by atoms with Gasteiger partial charge < -0.3 is 10.4 Å². The number of halogens is 3. The van der Waals surface area contributed by atoms with Gasteiger partial charge in [0, 0.05) is 22.8 Å². The molecule has 7 heteroatoms. The maximum absolute atomic E-state index is 13.3. The molecule has 1 N–H and O–H groups in total. The smallest absolute Gasteiger partial charge is 0.238 e. The zero-order valence-corrected chi connectivity index (χ0v) is 17.8. The number of rotatable bonds is 4. The highest BCUT2D eigenvalue weighted by atomic mass is 35.5. The molecule has 0 aliphatic heterocycles. The standard InChI is InChI=1S/C21H15Cl3N2OS/c1-13-15(22)6-5-7-18(13)25-21(28)19(26-10-3-2-4-11-26)20(27)14-8-9-16(23)17(24)12-14/h2-12H,1H3,(H-,25,27,28). The number of aromatic nitrogens is 1. The van der Waals surface area contributed by atoms with Gasteiger partial charge >= 0.3 is 0 Å². The predicted octanol–water partition coefficient (Wildman–Crippen LogP) is 5.37. The Morgan fingerprint density at radius 1 is 0.929 bits per heavy atom. The van der Waals surface area contributed by atoms with E-state index in [0.29, 0.717) is 20.6 Å². The van der Waals surface area contributed by atoms with Crippen molar-refractivity contribution in [3.05, 3.63) is 93.2 Å². The minimum Gasteiger partial charge on any atom is -0.867 e. The normalized spacial score (nSPS) is 11.7. The van der Waals surface area contributed by atoms with E-state index in [-0.39, 0.29) is 16.4 Å². The molecule has 1 aromatic heterocycles. The second-order valence-corrected chi connectivity index (χ2v) is 7.59. The number of benzene rings is 2. The topological polar surface area (TPSA) is 39.0 Å². The minimum absolute atomic E-state index is 0.262. The van der Waals surface area contributed by atoms with Crippen LogP contribution in [-0.4, -0.2) is 4.99 Å². The Balaban J connectivity index is 2.10. The van der Waals surface area contributed by atoms with Crippen molar-refractivity contribution in [1.82, 2.24) is 0 Å². The lowest BCUT2D eigenvalue weighted by atomic mass is 10.1. The van der Waals surface area contributed by atoms with Crippen molar-refractivity contribution in [2.24, 2.45) is 0 Å². The van der Waals surface area contributed by atoms with Gasteiger partial charge in [-0.25, -0.2) is 0 Å². The fourth-order valence-corrected chi connectivity index (χ4v) is 3.36. The van der Waals surface area contributed by atoms with Crippen LogP contribution < -0.4 is 15.0 Å². The first kappa shape index (κ1) is 20.6. The molecule has 0 bridgehead atoms. The summed E-state index contributed by atoms with van der Waals surface area (Å²) in [7, 11) is 0. The highest BCUT2D eigenvalue weighted by Crippen LogP contribution is 2.27. The highest BCUT2D eigenvalue weighted by molar-refractivity contribution is 7.81. The van der Waals surface area contributed by atoms with E-state index < -0.39 is 0 Å². The Morgan fingerprint density at radius 3 is 2.32 bits per heavy atom. The Bertz CT molecular complexity index is 1070. The first-order valence-electron chi connectivity index (χ1n) is 8.28. The summed E-state index contributed by atoms with van der Waals surface area (Å²) in [5.41, 5.74) is 2.24. The zero-order valence-electron chi connectivity index (χ0n) is 14.7. The van der Waals surface area contributed by atoms with Crippen molar-refractivity contribution in [2.75, 3.05) is 5.32 Å². The second kappa shape index (κ2) is 8.93. The molecule has 0 unspecified atom stereocenters. The van der Waals surface area contributed by atoms with Gasteiger partial charge in [-0.1, -0.05) is 65.2 Å². The molecule has 0 spiro atoms. The number of pyridine rings is 1. The van der Waals surface area contributed by atoms with Gasteiger partial charge in [-0.15, -0.1) is 0 Å². The third-order valence-corrected chi connectivity index (χ3v) is 5.55. The molecule has 0 aliphatic rings. The van der Waals surface area contributed by atoms with Gasteiger partial charge in [0.25, 0.3) is 0 Å². The maximum atomic E-state index is 13.3. The van der Waals surface area contributed by atoms with Gasteiger partial charge in [0.05, 0.1) is 10.0 Å². The van der Waals surface area contributed by atoms with E-state index in [0.717, 1.165) is 11.3 Å². The van der Waals surface area contributed by atoms with Crippen molar-refractivity contribution >= 4 is 69.2 Å². The summed E-state index contributed by atoms with van der Waals surface area (Å²) in [6.07, 6.45) is 3.51. The van der Waals surface area contributed by atoms with Gasteiger partial charge in [0.15, 0.2) is 17.4 Å². The van der Waals surface area contributed by atoms with Crippen LogP contribution in [0.2, 0.25) is 15.1 Å². The Hall–Kier alpha value is -2.11. The SMILES string of the molecule is Cc1c(Cl)cccc1NC(=S)/C(=C(\[O-])c1ccc(Cl)c(Cl)c1)[n+]1ccccc1. The molecule has 0 aliphatic carbocycles. The van der Waals surface area contributed by atoms with E-state index in [1.165, 1.54) is 6.07 Å². The molecule has 3 nitrogen and oxygen atoms in total. The number of hydrogen-bond acceptors (Lipinski definition) is 2. The average molecular weight is 450 g/mol. The van der Waals surface area contributed by atoms with Crippen molar-refractivity contribution in [1.29, 1.82) is 0 Å². The van der Waals surface area contributed by atoms with Crippen molar-refractivity contribution in [2.45, 2.75) is 6.92 Å². The molecular weight excluding hydrogens is 435 g/mol. The van der Waals surface area contributed by atoms with Crippen molar-refractivity contribution in [3.8, 4) is 0 Å². The summed E-state index contributed by atoms with van der Waals surface area (Å²) in [6, 6.07) is 15.7. The molecule has 28 heavy (non-hydrogen) atoms. The Morgan fingerprint density at radius 2 is 1.64 bits per heavy atom. The van der Waals surface area contributed by atoms with Gasteiger partial charge in [-0.3, -0.25) is 0 Å². The number of hydrogen-bond donors (Lipinski definition) is 1. The molecule has 1 heterocycles. The number of nitrogens with one attached hydrogen (secondary N) is 1. The third-order valence-electron chi connectivity index (χ3n) is 4.10. The largest absolute Gasteiger partial charge is 0.867 e. The Labute approximate surface area is 183 Å².